The van der Waals surface area contributed by atoms with Gasteiger partial charge in [-0.15, -0.1) is 0 Å². The molecule has 1 aliphatic rings. The van der Waals surface area contributed by atoms with E-state index in [0.717, 1.165) is 12.1 Å². The first-order valence-electron chi connectivity index (χ1n) is 11.0. The summed E-state index contributed by atoms with van der Waals surface area (Å²) >= 11 is 11.5. The van der Waals surface area contributed by atoms with E-state index < -0.39 is 55.3 Å². The molecule has 0 N–H and O–H groups in total. The summed E-state index contributed by atoms with van der Waals surface area (Å²) in [5, 5.41) is 2.50. The van der Waals surface area contributed by atoms with Crippen molar-refractivity contribution in [2.24, 2.45) is 15.4 Å². The minimum Gasteiger partial charge on any atom is -0.374 e. The third-order valence-electron chi connectivity index (χ3n) is 5.72. The van der Waals surface area contributed by atoms with Crippen molar-refractivity contribution >= 4 is 44.5 Å². The molecule has 0 aromatic heterocycles. The molecule has 0 radical (unpaired) electrons. The van der Waals surface area contributed by atoms with Crippen LogP contribution in [0.3, 0.4) is 0 Å². The maximum atomic E-state index is 14.2. The minimum atomic E-state index is -4.94. The fourth-order valence-electron chi connectivity index (χ4n) is 3.87. The van der Waals surface area contributed by atoms with Crippen LogP contribution < -0.4 is 0 Å². The SMILES string of the molecule is CCS(=O)(CC(C)C)=NC(=O)c1ccc(C2=NOC(c3cc(Cl)c(F)c(Cl)c3)(C(F)(F)F)C2)cc1C. The Hall–Kier alpha value is -2.17. The molecule has 0 spiro atoms. The molecule has 1 heterocycles. The lowest BCUT2D eigenvalue weighted by atomic mass is 9.86. The van der Waals surface area contributed by atoms with Crippen LogP contribution in [-0.2, 0) is 20.2 Å². The fraction of sp³-hybridized carbons (Fsp3) is 0.417. The Kier molecular flexibility index (Phi) is 8.13. The van der Waals surface area contributed by atoms with Crippen LogP contribution in [0.4, 0.5) is 17.6 Å². The Labute approximate surface area is 217 Å². The lowest BCUT2D eigenvalue weighted by Crippen LogP contribution is -2.42. The molecule has 3 rings (SSSR count). The van der Waals surface area contributed by atoms with Crippen molar-refractivity contribution in [2.75, 3.05) is 11.5 Å². The Morgan fingerprint density at radius 3 is 2.33 bits per heavy atom. The van der Waals surface area contributed by atoms with Crippen molar-refractivity contribution in [2.45, 2.75) is 45.9 Å². The molecule has 2 atom stereocenters. The summed E-state index contributed by atoms with van der Waals surface area (Å²) in [7, 11) is -2.73. The highest BCUT2D eigenvalue weighted by molar-refractivity contribution is 7.93. The van der Waals surface area contributed by atoms with Crippen LogP contribution in [-0.4, -0.2) is 33.5 Å². The predicted octanol–water partition coefficient (Wildman–Crippen LogP) is 7.31. The third-order valence-corrected chi connectivity index (χ3v) is 8.86. The van der Waals surface area contributed by atoms with E-state index in [1.54, 1.807) is 13.8 Å². The first kappa shape index (κ1) is 28.4. The summed E-state index contributed by atoms with van der Waals surface area (Å²) in [5.41, 5.74) is -2.57. The molecule has 1 amide bonds. The highest BCUT2D eigenvalue weighted by Crippen LogP contribution is 2.50. The molecule has 1 aliphatic heterocycles. The predicted molar refractivity (Wildman–Crippen MR) is 133 cm³/mol. The van der Waals surface area contributed by atoms with E-state index >= 15 is 0 Å². The van der Waals surface area contributed by atoms with Crippen LogP contribution in [0, 0.1) is 18.7 Å². The van der Waals surface area contributed by atoms with Gasteiger partial charge in [0.05, 0.1) is 25.5 Å². The van der Waals surface area contributed by atoms with E-state index in [-0.39, 0.29) is 34.3 Å². The molecule has 0 bridgehead atoms. The van der Waals surface area contributed by atoms with E-state index in [4.69, 9.17) is 28.0 Å². The lowest BCUT2D eigenvalue weighted by molar-refractivity contribution is -0.275. The molecule has 196 valence electrons. The van der Waals surface area contributed by atoms with Gasteiger partial charge in [-0.2, -0.15) is 17.5 Å². The van der Waals surface area contributed by atoms with E-state index in [9.17, 15) is 26.6 Å². The average molecular weight is 567 g/mol. The van der Waals surface area contributed by atoms with Crippen LogP contribution in [0.2, 0.25) is 10.0 Å². The second-order valence-electron chi connectivity index (χ2n) is 8.93. The lowest BCUT2D eigenvalue weighted by Gasteiger charge is -2.29. The zero-order valence-electron chi connectivity index (χ0n) is 19.9. The summed E-state index contributed by atoms with van der Waals surface area (Å²) in [4.78, 5) is 17.7. The highest BCUT2D eigenvalue weighted by Gasteiger charge is 2.62. The minimum absolute atomic E-state index is 0.0416. The summed E-state index contributed by atoms with van der Waals surface area (Å²) < 4.78 is 73.4. The van der Waals surface area contributed by atoms with Crippen LogP contribution in [0.1, 0.15) is 54.2 Å². The van der Waals surface area contributed by atoms with Gasteiger partial charge < -0.3 is 4.84 Å². The normalized spacial score (nSPS) is 19.6. The number of oxime groups is 1. The van der Waals surface area contributed by atoms with Crippen molar-refractivity contribution in [1.82, 2.24) is 0 Å². The number of halogens is 6. The van der Waals surface area contributed by atoms with Gasteiger partial charge >= 0.3 is 6.18 Å². The number of amides is 1. The number of alkyl halides is 3. The van der Waals surface area contributed by atoms with Crippen LogP contribution in [0.15, 0.2) is 39.9 Å². The number of benzene rings is 2. The summed E-state index contributed by atoms with van der Waals surface area (Å²) in [5.74, 6) is -1.12. The Balaban J connectivity index is 1.96. The fourth-order valence-corrected chi connectivity index (χ4v) is 6.24. The van der Waals surface area contributed by atoms with Gasteiger partial charge in [-0.3, -0.25) is 4.79 Å². The van der Waals surface area contributed by atoms with E-state index in [1.807, 2.05) is 13.8 Å². The molecule has 0 saturated heterocycles. The van der Waals surface area contributed by atoms with Crippen molar-refractivity contribution in [3.05, 3.63) is 68.4 Å². The molecular weight excluding hydrogens is 543 g/mol. The topological polar surface area (TPSA) is 68.1 Å². The molecule has 2 aromatic rings. The van der Waals surface area contributed by atoms with Gasteiger partial charge in [-0.25, -0.2) is 8.60 Å². The second-order valence-corrected chi connectivity index (χ2v) is 12.4. The van der Waals surface area contributed by atoms with Gasteiger partial charge in [-0.1, -0.05) is 55.2 Å². The van der Waals surface area contributed by atoms with Crippen LogP contribution >= 0.6 is 23.2 Å². The average Bonchev–Trinajstić information content (AvgIpc) is 3.23. The van der Waals surface area contributed by atoms with E-state index in [1.165, 1.54) is 18.2 Å². The number of carbonyl (C=O) groups excluding carboxylic acids is 1. The van der Waals surface area contributed by atoms with Gasteiger partial charge in [0.15, 0.2) is 5.82 Å². The Morgan fingerprint density at radius 2 is 1.83 bits per heavy atom. The number of rotatable bonds is 6. The summed E-state index contributed by atoms with van der Waals surface area (Å²) in [6, 6.07) is 5.93. The molecule has 36 heavy (non-hydrogen) atoms. The van der Waals surface area contributed by atoms with Crippen molar-refractivity contribution in [3.8, 4) is 0 Å². The molecule has 2 aromatic carbocycles. The van der Waals surface area contributed by atoms with Crippen molar-refractivity contribution < 1.29 is 31.4 Å². The zero-order valence-corrected chi connectivity index (χ0v) is 22.2. The second kappa shape index (κ2) is 10.3. The Morgan fingerprint density at radius 1 is 1.22 bits per heavy atom. The molecule has 5 nitrogen and oxygen atoms in total. The van der Waals surface area contributed by atoms with E-state index in [0.29, 0.717) is 5.56 Å². The molecule has 0 saturated carbocycles. The van der Waals surface area contributed by atoms with Gasteiger partial charge in [0.2, 0.25) is 0 Å². The smallest absolute Gasteiger partial charge is 0.374 e. The first-order chi connectivity index (χ1) is 16.6. The van der Waals surface area contributed by atoms with Crippen LogP contribution in [0.25, 0.3) is 0 Å². The molecule has 2 unspecified atom stereocenters. The maximum absolute atomic E-state index is 14.2. The number of hydrogen-bond donors (Lipinski definition) is 0. The largest absolute Gasteiger partial charge is 0.435 e. The molecule has 12 heteroatoms. The Bertz CT molecular complexity index is 1330. The number of carbonyl (C=O) groups is 1. The van der Waals surface area contributed by atoms with Gasteiger partial charge in [0.1, 0.15) is 0 Å². The van der Waals surface area contributed by atoms with Crippen molar-refractivity contribution in [1.29, 1.82) is 0 Å². The van der Waals surface area contributed by atoms with Gasteiger partial charge in [-0.05, 0) is 48.2 Å². The van der Waals surface area contributed by atoms with Gasteiger partial charge in [0.25, 0.3) is 11.5 Å². The highest BCUT2D eigenvalue weighted by atomic mass is 35.5. The third kappa shape index (κ3) is 5.55. The first-order valence-corrected chi connectivity index (χ1v) is 13.6. The van der Waals surface area contributed by atoms with Crippen molar-refractivity contribution in [3.63, 3.8) is 0 Å². The summed E-state index contributed by atoms with van der Waals surface area (Å²) in [6.45, 7) is 7.06. The molecule has 0 aliphatic carbocycles. The quantitative estimate of drug-likeness (QED) is 0.272. The van der Waals surface area contributed by atoms with E-state index in [2.05, 4.69) is 9.52 Å². The number of hydrogen-bond acceptors (Lipinski definition) is 4. The summed E-state index contributed by atoms with van der Waals surface area (Å²) in [6.07, 6.45) is -5.67. The van der Waals surface area contributed by atoms with Crippen LogP contribution in [0.5, 0.6) is 0 Å². The zero-order chi connectivity index (χ0) is 27.1. The number of nitrogens with zero attached hydrogens (tertiary/aromatic N) is 2. The molecular formula is C24H24Cl2F4N2O3S. The standard InChI is InChI=1S/C24H24Cl2F4N2O3S/c1-5-36(34,12-13(2)3)32-22(33)17-7-6-15(8-14(17)4)20-11-23(35-31-20,24(28,29)30)16-9-18(25)21(27)19(26)10-16/h6-10,13H,5,11-12H2,1-4H3. The maximum Gasteiger partial charge on any atom is 0.435 e. The van der Waals surface area contributed by atoms with Gasteiger partial charge in [0, 0.05) is 29.1 Å². The molecule has 0 fully saturated rings. The monoisotopic (exact) mass is 566 g/mol. The number of aryl methyl sites for hydroxylation is 1.